The van der Waals surface area contributed by atoms with Gasteiger partial charge in [-0.3, -0.25) is 14.2 Å². The summed E-state index contributed by atoms with van der Waals surface area (Å²) < 4.78 is 1.64. The number of hydrogen-bond donors (Lipinski definition) is 0. The fourth-order valence-electron chi connectivity index (χ4n) is 5.14. The molecule has 2 heterocycles. The third-order valence-corrected chi connectivity index (χ3v) is 6.57. The monoisotopic (exact) mass is 381 g/mol. The van der Waals surface area contributed by atoms with E-state index in [2.05, 4.69) is 9.88 Å². The molecule has 2 aliphatic rings. The second-order valence-corrected chi connectivity index (χ2v) is 8.32. The van der Waals surface area contributed by atoms with Crippen LogP contribution >= 0.6 is 0 Å². The Morgan fingerprint density at radius 2 is 1.68 bits per heavy atom. The summed E-state index contributed by atoms with van der Waals surface area (Å²) >= 11 is 0. The minimum Gasteiger partial charge on any atom is -0.333 e. The maximum absolute atomic E-state index is 13.8. The van der Waals surface area contributed by atoms with Crippen LogP contribution in [0.15, 0.2) is 29.2 Å². The van der Waals surface area contributed by atoms with Crippen LogP contribution in [0.4, 0.5) is 0 Å². The Hall–Kier alpha value is -2.17. The number of carbonyl (C=O) groups is 1. The van der Waals surface area contributed by atoms with Gasteiger partial charge in [0.1, 0.15) is 11.2 Å². The molecule has 2 aliphatic carbocycles. The zero-order valence-corrected chi connectivity index (χ0v) is 16.9. The fourth-order valence-corrected chi connectivity index (χ4v) is 5.14. The van der Waals surface area contributed by atoms with Crippen molar-refractivity contribution in [3.8, 4) is 0 Å². The van der Waals surface area contributed by atoms with E-state index in [4.69, 9.17) is 0 Å². The molecule has 2 aromatic rings. The topological polar surface area (TPSA) is 55.2 Å². The van der Waals surface area contributed by atoms with Crippen LogP contribution in [-0.2, 0) is 6.54 Å². The van der Waals surface area contributed by atoms with E-state index in [1.54, 1.807) is 16.8 Å². The summed E-state index contributed by atoms with van der Waals surface area (Å²) in [5.74, 6) is -0.0586. The molecule has 5 nitrogen and oxygen atoms in total. The normalized spacial score (nSPS) is 19.0. The molecule has 0 spiro atoms. The van der Waals surface area contributed by atoms with Gasteiger partial charge in [-0.05, 0) is 50.8 Å². The second kappa shape index (κ2) is 8.46. The number of aryl methyl sites for hydroxylation is 1. The lowest BCUT2D eigenvalue weighted by Crippen LogP contribution is -2.50. The van der Waals surface area contributed by atoms with Gasteiger partial charge in [0.15, 0.2) is 0 Å². The van der Waals surface area contributed by atoms with Gasteiger partial charge in [0.25, 0.3) is 11.5 Å². The first kappa shape index (κ1) is 19.2. The minimum absolute atomic E-state index is 0.0586. The molecule has 0 atom stereocenters. The average Bonchev–Trinajstić information content (AvgIpc) is 2.75. The lowest BCUT2D eigenvalue weighted by molar-refractivity contribution is 0.0446. The standard InChI is InChI=1S/C23H31N3O2/c1-2-25-21-17(10-9-15-24-21)16-20(22(25)27)23(28)26(18-11-5-3-6-12-18)19-13-7-4-8-14-19/h9-10,15-16,18-19H,2-8,11-14H2,1H3. The van der Waals surface area contributed by atoms with Crippen LogP contribution in [0.1, 0.15) is 81.5 Å². The Morgan fingerprint density at radius 3 is 2.25 bits per heavy atom. The molecular weight excluding hydrogens is 350 g/mol. The van der Waals surface area contributed by atoms with E-state index in [9.17, 15) is 9.59 Å². The molecule has 4 rings (SSSR count). The average molecular weight is 382 g/mol. The SMILES string of the molecule is CCn1c(=O)c(C(=O)N(C2CCCCC2)C2CCCCC2)cc2cccnc21. The van der Waals surface area contributed by atoms with Gasteiger partial charge in [-0.1, -0.05) is 38.5 Å². The van der Waals surface area contributed by atoms with Crippen LogP contribution < -0.4 is 5.56 Å². The predicted octanol–water partition coefficient (Wildman–Crippen LogP) is 4.52. The largest absolute Gasteiger partial charge is 0.333 e. The highest BCUT2D eigenvalue weighted by atomic mass is 16.2. The minimum atomic E-state index is -0.199. The van der Waals surface area contributed by atoms with E-state index in [1.807, 2.05) is 19.1 Å². The van der Waals surface area contributed by atoms with Crippen molar-refractivity contribution in [2.24, 2.45) is 0 Å². The van der Waals surface area contributed by atoms with Gasteiger partial charge in [-0.15, -0.1) is 0 Å². The number of hydrogen-bond acceptors (Lipinski definition) is 3. The molecule has 0 bridgehead atoms. The van der Waals surface area contributed by atoms with Crippen molar-refractivity contribution < 1.29 is 4.79 Å². The second-order valence-electron chi connectivity index (χ2n) is 8.32. The molecule has 0 saturated heterocycles. The molecule has 0 N–H and O–H groups in total. The molecule has 0 unspecified atom stereocenters. The molecule has 1 amide bonds. The van der Waals surface area contributed by atoms with Crippen LogP contribution in [0.25, 0.3) is 11.0 Å². The lowest BCUT2D eigenvalue weighted by atomic mass is 9.88. The van der Waals surface area contributed by atoms with Crippen molar-refractivity contribution in [3.63, 3.8) is 0 Å². The van der Waals surface area contributed by atoms with Crippen molar-refractivity contribution in [3.05, 3.63) is 40.3 Å². The van der Waals surface area contributed by atoms with E-state index < -0.39 is 0 Å². The molecule has 2 fully saturated rings. The van der Waals surface area contributed by atoms with E-state index in [1.165, 1.54) is 38.5 Å². The Bertz CT molecular complexity index is 874. The molecule has 2 aromatic heterocycles. The molecular formula is C23H31N3O2. The Labute approximate surface area is 166 Å². The summed E-state index contributed by atoms with van der Waals surface area (Å²) in [5, 5.41) is 0.861. The first-order valence-electron chi connectivity index (χ1n) is 11.0. The Morgan fingerprint density at radius 1 is 1.07 bits per heavy atom. The maximum atomic E-state index is 13.8. The van der Waals surface area contributed by atoms with Crippen LogP contribution in [-0.4, -0.2) is 32.4 Å². The van der Waals surface area contributed by atoms with E-state index in [0.29, 0.717) is 17.8 Å². The van der Waals surface area contributed by atoms with Crippen LogP contribution in [0, 0.1) is 0 Å². The lowest BCUT2D eigenvalue weighted by Gasteiger charge is -2.41. The van der Waals surface area contributed by atoms with Gasteiger partial charge in [0.2, 0.25) is 0 Å². The molecule has 0 aromatic carbocycles. The van der Waals surface area contributed by atoms with Crippen molar-refractivity contribution >= 4 is 16.9 Å². The number of pyridine rings is 2. The zero-order chi connectivity index (χ0) is 19.5. The van der Waals surface area contributed by atoms with Crippen molar-refractivity contribution in [1.82, 2.24) is 14.5 Å². The molecule has 5 heteroatoms. The van der Waals surface area contributed by atoms with Crippen molar-refractivity contribution in [2.75, 3.05) is 0 Å². The molecule has 150 valence electrons. The van der Waals surface area contributed by atoms with Gasteiger partial charge in [0, 0.05) is 30.2 Å². The summed E-state index contributed by atoms with van der Waals surface area (Å²) in [6, 6.07) is 6.14. The highest BCUT2D eigenvalue weighted by molar-refractivity contribution is 5.97. The molecule has 0 radical (unpaired) electrons. The summed E-state index contributed by atoms with van der Waals surface area (Å²) in [7, 11) is 0. The number of rotatable bonds is 4. The molecule has 2 saturated carbocycles. The first-order chi connectivity index (χ1) is 13.7. The summed E-state index contributed by atoms with van der Waals surface area (Å²) in [6.45, 7) is 2.45. The summed E-state index contributed by atoms with van der Waals surface area (Å²) in [6.07, 6.45) is 13.2. The highest BCUT2D eigenvalue weighted by Crippen LogP contribution is 2.31. The van der Waals surface area contributed by atoms with Gasteiger partial charge in [-0.25, -0.2) is 4.98 Å². The van der Waals surface area contributed by atoms with E-state index in [-0.39, 0.29) is 23.6 Å². The van der Waals surface area contributed by atoms with Crippen LogP contribution in [0.5, 0.6) is 0 Å². The number of nitrogens with zero attached hydrogens (tertiary/aromatic N) is 3. The van der Waals surface area contributed by atoms with E-state index in [0.717, 1.165) is 31.1 Å². The highest BCUT2D eigenvalue weighted by Gasteiger charge is 2.34. The Balaban J connectivity index is 1.77. The van der Waals surface area contributed by atoms with E-state index >= 15 is 0 Å². The molecule has 28 heavy (non-hydrogen) atoms. The van der Waals surface area contributed by atoms with Crippen LogP contribution in [0.2, 0.25) is 0 Å². The summed E-state index contributed by atoms with van der Waals surface area (Å²) in [5.41, 5.74) is 0.780. The zero-order valence-electron chi connectivity index (χ0n) is 16.9. The Kier molecular flexibility index (Phi) is 5.79. The third kappa shape index (κ3) is 3.59. The predicted molar refractivity (Wildman–Crippen MR) is 112 cm³/mol. The van der Waals surface area contributed by atoms with Crippen molar-refractivity contribution in [2.45, 2.75) is 89.8 Å². The van der Waals surface area contributed by atoms with Crippen molar-refractivity contribution in [1.29, 1.82) is 0 Å². The number of fused-ring (bicyclic) bond motifs is 1. The smallest absolute Gasteiger partial charge is 0.265 e. The number of aromatic nitrogens is 2. The fraction of sp³-hybridized carbons (Fsp3) is 0.609. The maximum Gasteiger partial charge on any atom is 0.265 e. The van der Waals surface area contributed by atoms with Gasteiger partial charge in [-0.2, -0.15) is 0 Å². The van der Waals surface area contributed by atoms with Gasteiger partial charge < -0.3 is 4.90 Å². The third-order valence-electron chi connectivity index (χ3n) is 6.57. The molecule has 0 aliphatic heterocycles. The first-order valence-corrected chi connectivity index (χ1v) is 11.0. The van der Waals surface area contributed by atoms with Gasteiger partial charge in [0.05, 0.1) is 0 Å². The summed E-state index contributed by atoms with van der Waals surface area (Å²) in [4.78, 5) is 33.5. The quantitative estimate of drug-likeness (QED) is 0.782. The number of carbonyl (C=O) groups excluding carboxylic acids is 1. The number of amides is 1. The van der Waals surface area contributed by atoms with Crippen LogP contribution in [0.3, 0.4) is 0 Å². The van der Waals surface area contributed by atoms with Gasteiger partial charge >= 0.3 is 0 Å².